The maximum absolute atomic E-state index is 13.2. The van der Waals surface area contributed by atoms with Crippen molar-refractivity contribution in [1.82, 2.24) is 5.32 Å². The van der Waals surface area contributed by atoms with Crippen LogP contribution in [0.4, 0.5) is 4.39 Å². The largest absolute Gasteiger partial charge is 0.493 e. The van der Waals surface area contributed by atoms with Crippen molar-refractivity contribution >= 4 is 45.3 Å². The maximum atomic E-state index is 13.2. The molecule has 9 heteroatoms. The normalized spacial score (nSPS) is 11.9. The third-order valence-electron chi connectivity index (χ3n) is 4.14. The van der Waals surface area contributed by atoms with Crippen LogP contribution in [-0.4, -0.2) is 36.2 Å². The molecule has 0 aliphatic carbocycles. The standard InChI is InChI=1S/C20H22BrClFNO4S/c1-27-18-8-12(10-24-17(20(25)26)5-6-29-2)7-15(21)19(18)28-11-13-3-4-14(23)9-16(13)22/h3-4,7-9,17,24H,5-6,10-11H2,1-2H3,(H,25,26). The average Bonchev–Trinajstić information content (AvgIpc) is 2.67. The number of rotatable bonds is 11. The summed E-state index contributed by atoms with van der Waals surface area (Å²) in [6.45, 7) is 0.506. The summed E-state index contributed by atoms with van der Waals surface area (Å²) in [4.78, 5) is 11.4. The van der Waals surface area contributed by atoms with Crippen molar-refractivity contribution in [3.8, 4) is 11.5 Å². The molecule has 0 saturated heterocycles. The molecular formula is C20H22BrClFNO4S. The van der Waals surface area contributed by atoms with Gasteiger partial charge in [-0.05, 0) is 64.2 Å². The second kappa shape index (κ2) is 11.6. The van der Waals surface area contributed by atoms with Gasteiger partial charge >= 0.3 is 5.97 Å². The molecule has 29 heavy (non-hydrogen) atoms. The number of benzene rings is 2. The first-order valence-electron chi connectivity index (χ1n) is 8.74. The molecule has 5 nitrogen and oxygen atoms in total. The van der Waals surface area contributed by atoms with Crippen LogP contribution in [0.3, 0.4) is 0 Å². The number of ether oxygens (including phenoxy) is 2. The van der Waals surface area contributed by atoms with Crippen molar-refractivity contribution in [3.63, 3.8) is 0 Å². The topological polar surface area (TPSA) is 67.8 Å². The fraction of sp³-hybridized carbons (Fsp3) is 0.350. The number of carboxylic acids is 1. The molecule has 0 saturated carbocycles. The van der Waals surface area contributed by atoms with Crippen molar-refractivity contribution in [2.24, 2.45) is 0 Å². The van der Waals surface area contributed by atoms with Gasteiger partial charge < -0.3 is 19.9 Å². The summed E-state index contributed by atoms with van der Waals surface area (Å²) in [5.41, 5.74) is 1.49. The monoisotopic (exact) mass is 505 g/mol. The summed E-state index contributed by atoms with van der Waals surface area (Å²) in [6.07, 6.45) is 2.48. The lowest BCUT2D eigenvalue weighted by molar-refractivity contribution is -0.139. The number of hydrogen-bond acceptors (Lipinski definition) is 5. The predicted octanol–water partition coefficient (Wildman–Crippen LogP) is 5.13. The fourth-order valence-electron chi connectivity index (χ4n) is 2.59. The minimum atomic E-state index is -0.874. The molecule has 0 heterocycles. The van der Waals surface area contributed by atoms with E-state index in [0.29, 0.717) is 34.5 Å². The molecule has 158 valence electrons. The summed E-state index contributed by atoms with van der Waals surface area (Å²) in [6, 6.07) is 7.12. The Morgan fingerprint density at radius 3 is 2.76 bits per heavy atom. The highest BCUT2D eigenvalue weighted by molar-refractivity contribution is 9.10. The zero-order chi connectivity index (χ0) is 21.4. The van der Waals surface area contributed by atoms with Crippen molar-refractivity contribution in [3.05, 3.63) is 56.8 Å². The Balaban J connectivity index is 2.10. The van der Waals surface area contributed by atoms with E-state index in [1.807, 2.05) is 12.3 Å². The van der Waals surface area contributed by atoms with Gasteiger partial charge in [0.05, 0.1) is 16.6 Å². The Morgan fingerprint density at radius 1 is 1.38 bits per heavy atom. The summed E-state index contributed by atoms with van der Waals surface area (Å²) in [7, 11) is 1.52. The van der Waals surface area contributed by atoms with Gasteiger partial charge in [0.25, 0.3) is 0 Å². The number of thioether (sulfide) groups is 1. The van der Waals surface area contributed by atoms with Gasteiger partial charge in [-0.2, -0.15) is 11.8 Å². The highest BCUT2D eigenvalue weighted by Gasteiger charge is 2.18. The van der Waals surface area contributed by atoms with Crippen LogP contribution in [0, 0.1) is 5.82 Å². The minimum absolute atomic E-state index is 0.140. The lowest BCUT2D eigenvalue weighted by Crippen LogP contribution is -2.36. The Labute approximate surface area is 187 Å². The molecule has 1 unspecified atom stereocenters. The molecular weight excluding hydrogens is 485 g/mol. The summed E-state index contributed by atoms with van der Waals surface area (Å²) >= 11 is 11.1. The molecule has 0 amide bonds. The minimum Gasteiger partial charge on any atom is -0.493 e. The van der Waals surface area contributed by atoms with E-state index in [1.54, 1.807) is 23.9 Å². The first kappa shape index (κ1) is 23.8. The van der Waals surface area contributed by atoms with E-state index in [9.17, 15) is 14.3 Å². The second-order valence-corrected chi connectivity index (χ2v) is 8.43. The van der Waals surface area contributed by atoms with Crippen molar-refractivity contribution < 1.29 is 23.8 Å². The zero-order valence-corrected chi connectivity index (χ0v) is 19.2. The van der Waals surface area contributed by atoms with E-state index in [0.717, 1.165) is 11.3 Å². The SMILES string of the molecule is COc1cc(CNC(CCSC)C(=O)O)cc(Br)c1OCc1ccc(F)cc1Cl. The molecule has 0 radical (unpaired) electrons. The van der Waals surface area contributed by atoms with Crippen molar-refractivity contribution in [2.75, 3.05) is 19.1 Å². The number of nitrogens with one attached hydrogen (secondary N) is 1. The smallest absolute Gasteiger partial charge is 0.320 e. The quantitative estimate of drug-likeness (QED) is 0.441. The lowest BCUT2D eigenvalue weighted by atomic mass is 10.1. The molecule has 2 rings (SSSR count). The maximum Gasteiger partial charge on any atom is 0.320 e. The lowest BCUT2D eigenvalue weighted by Gasteiger charge is -2.17. The van der Waals surface area contributed by atoms with Crippen LogP contribution in [-0.2, 0) is 17.9 Å². The first-order valence-corrected chi connectivity index (χ1v) is 11.3. The van der Waals surface area contributed by atoms with Gasteiger partial charge in [0.2, 0.25) is 0 Å². The molecule has 0 aliphatic heterocycles. The van der Waals surface area contributed by atoms with Crippen LogP contribution in [0.15, 0.2) is 34.8 Å². The van der Waals surface area contributed by atoms with E-state index >= 15 is 0 Å². The van der Waals surface area contributed by atoms with Gasteiger partial charge in [-0.3, -0.25) is 4.79 Å². The number of carboxylic acid groups (broad SMARTS) is 1. The number of aliphatic carboxylic acids is 1. The molecule has 0 aromatic heterocycles. The Hall–Kier alpha value is -1.48. The average molecular weight is 507 g/mol. The molecule has 0 aliphatic rings. The molecule has 0 spiro atoms. The van der Waals surface area contributed by atoms with Crippen molar-refractivity contribution in [2.45, 2.75) is 25.6 Å². The van der Waals surface area contributed by atoms with Gasteiger partial charge in [-0.15, -0.1) is 0 Å². The number of halogens is 3. The molecule has 0 bridgehead atoms. The van der Waals surface area contributed by atoms with Crippen LogP contribution in [0.5, 0.6) is 11.5 Å². The predicted molar refractivity (Wildman–Crippen MR) is 118 cm³/mol. The van der Waals surface area contributed by atoms with E-state index in [4.69, 9.17) is 21.1 Å². The second-order valence-electron chi connectivity index (χ2n) is 6.19. The number of hydrogen-bond donors (Lipinski definition) is 2. The molecule has 2 aromatic rings. The molecule has 2 aromatic carbocycles. The Bertz CT molecular complexity index is 855. The van der Waals surface area contributed by atoms with Crippen LogP contribution in [0.2, 0.25) is 5.02 Å². The molecule has 0 fully saturated rings. The van der Waals surface area contributed by atoms with Gasteiger partial charge in [0.1, 0.15) is 18.5 Å². The third-order valence-corrected chi connectivity index (χ3v) is 5.72. The third kappa shape index (κ3) is 7.06. The summed E-state index contributed by atoms with van der Waals surface area (Å²) in [5, 5.41) is 12.7. The van der Waals surface area contributed by atoms with Gasteiger partial charge in [0.15, 0.2) is 11.5 Å². The van der Waals surface area contributed by atoms with Crippen LogP contribution < -0.4 is 14.8 Å². The van der Waals surface area contributed by atoms with E-state index in [1.165, 1.54) is 19.2 Å². The van der Waals surface area contributed by atoms with Crippen LogP contribution in [0.1, 0.15) is 17.5 Å². The van der Waals surface area contributed by atoms with Gasteiger partial charge in [0, 0.05) is 12.1 Å². The zero-order valence-electron chi connectivity index (χ0n) is 16.0. The molecule has 2 N–H and O–H groups in total. The van der Waals surface area contributed by atoms with E-state index < -0.39 is 17.8 Å². The number of carbonyl (C=O) groups is 1. The highest BCUT2D eigenvalue weighted by Crippen LogP contribution is 2.37. The van der Waals surface area contributed by atoms with Crippen molar-refractivity contribution in [1.29, 1.82) is 0 Å². The number of methoxy groups -OCH3 is 1. The van der Waals surface area contributed by atoms with E-state index in [2.05, 4.69) is 21.2 Å². The summed E-state index contributed by atoms with van der Waals surface area (Å²) in [5.74, 6) is 0.447. The van der Waals surface area contributed by atoms with Crippen LogP contribution in [0.25, 0.3) is 0 Å². The first-order chi connectivity index (χ1) is 13.8. The van der Waals surface area contributed by atoms with Gasteiger partial charge in [-0.1, -0.05) is 17.7 Å². The highest BCUT2D eigenvalue weighted by atomic mass is 79.9. The Kier molecular flexibility index (Phi) is 9.55. The fourth-order valence-corrected chi connectivity index (χ4v) is 3.89. The van der Waals surface area contributed by atoms with Gasteiger partial charge in [-0.25, -0.2) is 4.39 Å². The van der Waals surface area contributed by atoms with E-state index in [-0.39, 0.29) is 11.6 Å². The Morgan fingerprint density at radius 2 is 2.14 bits per heavy atom. The molecule has 1 atom stereocenters. The van der Waals surface area contributed by atoms with Crippen LogP contribution >= 0.6 is 39.3 Å². The summed E-state index contributed by atoms with van der Waals surface area (Å²) < 4.78 is 25.1.